The summed E-state index contributed by atoms with van der Waals surface area (Å²) in [7, 11) is 0. The van der Waals surface area contributed by atoms with E-state index in [2.05, 4.69) is 0 Å². The van der Waals surface area contributed by atoms with Gasteiger partial charge in [-0.3, -0.25) is 0 Å². The molecule has 0 amide bonds. The highest BCUT2D eigenvalue weighted by molar-refractivity contribution is 5.13. The van der Waals surface area contributed by atoms with Gasteiger partial charge in [-0.2, -0.15) is 0 Å². The molecule has 10 atom stereocenters. The second kappa shape index (κ2) is 4.28. The van der Waals surface area contributed by atoms with Crippen LogP contribution in [-0.4, -0.2) is 12.2 Å². The van der Waals surface area contributed by atoms with Crippen LogP contribution in [0.15, 0.2) is 0 Å². The van der Waals surface area contributed by atoms with Gasteiger partial charge in [0.2, 0.25) is 0 Å². The van der Waals surface area contributed by atoms with Crippen molar-refractivity contribution in [1.82, 2.24) is 0 Å². The highest BCUT2D eigenvalue weighted by Gasteiger charge is 2.66. The fourth-order valence-electron chi connectivity index (χ4n) is 8.58. The van der Waals surface area contributed by atoms with E-state index >= 15 is 0 Å². The average molecular weight is 286 g/mol. The molecule has 6 fully saturated rings. The summed E-state index contributed by atoms with van der Waals surface area (Å²) in [6.45, 7) is 0. The Hall–Kier alpha value is -0.0400. The molecule has 116 valence electrons. The topological polar surface area (TPSA) is 9.23 Å². The predicted molar refractivity (Wildman–Crippen MR) is 82.8 cm³/mol. The van der Waals surface area contributed by atoms with E-state index in [4.69, 9.17) is 4.74 Å². The van der Waals surface area contributed by atoms with E-state index in [-0.39, 0.29) is 0 Å². The lowest BCUT2D eigenvalue weighted by Crippen LogP contribution is -2.70. The smallest absolute Gasteiger partial charge is 0.0665 e. The summed E-state index contributed by atoms with van der Waals surface area (Å²) in [4.78, 5) is 0. The largest absolute Gasteiger partial charge is 0.374 e. The van der Waals surface area contributed by atoms with Crippen LogP contribution in [0.1, 0.15) is 64.2 Å². The highest BCUT2D eigenvalue weighted by Crippen LogP contribution is 2.67. The van der Waals surface area contributed by atoms with Crippen LogP contribution in [-0.2, 0) is 4.74 Å². The highest BCUT2D eigenvalue weighted by atomic mass is 16.5. The van der Waals surface area contributed by atoms with Gasteiger partial charge >= 0.3 is 0 Å². The molecule has 0 aromatic carbocycles. The van der Waals surface area contributed by atoms with Crippen LogP contribution in [0.3, 0.4) is 0 Å². The maximum Gasteiger partial charge on any atom is 0.0665 e. The summed E-state index contributed by atoms with van der Waals surface area (Å²) in [5.41, 5.74) is 0. The molecule has 1 heterocycles. The summed E-state index contributed by atoms with van der Waals surface area (Å²) >= 11 is 0. The maximum atomic E-state index is 6.54. The van der Waals surface area contributed by atoms with Crippen LogP contribution < -0.4 is 0 Å². The Kier molecular flexibility index (Phi) is 2.52. The molecule has 0 spiro atoms. The summed E-state index contributed by atoms with van der Waals surface area (Å²) in [6, 6.07) is 0. The van der Waals surface area contributed by atoms with Gasteiger partial charge in [-0.05, 0) is 73.5 Å². The molecule has 0 aromatic heterocycles. The third kappa shape index (κ3) is 1.48. The Balaban J connectivity index is 1.42. The van der Waals surface area contributed by atoms with Gasteiger partial charge in [0.25, 0.3) is 0 Å². The van der Waals surface area contributed by atoms with Crippen molar-refractivity contribution in [1.29, 1.82) is 0 Å². The first-order chi connectivity index (χ1) is 10.4. The molecule has 1 aliphatic heterocycles. The van der Waals surface area contributed by atoms with Crippen molar-refractivity contribution in [3.05, 3.63) is 0 Å². The van der Waals surface area contributed by atoms with Crippen LogP contribution in [0.4, 0.5) is 0 Å². The van der Waals surface area contributed by atoms with Crippen molar-refractivity contribution in [2.24, 2.45) is 47.3 Å². The van der Waals surface area contributed by atoms with E-state index < -0.39 is 0 Å². The monoisotopic (exact) mass is 286 g/mol. The van der Waals surface area contributed by atoms with Crippen molar-refractivity contribution < 1.29 is 4.74 Å². The summed E-state index contributed by atoms with van der Waals surface area (Å²) in [5, 5.41) is 0. The lowest BCUT2D eigenvalue weighted by Gasteiger charge is -2.69. The van der Waals surface area contributed by atoms with Crippen molar-refractivity contribution >= 4 is 0 Å². The molecular formula is C20H30O. The molecule has 0 N–H and O–H groups in total. The first kappa shape index (κ1) is 12.4. The Morgan fingerprint density at radius 3 is 2.38 bits per heavy atom. The van der Waals surface area contributed by atoms with Crippen molar-refractivity contribution in [3.8, 4) is 0 Å². The third-order valence-electron chi connectivity index (χ3n) is 9.01. The molecule has 1 nitrogen and oxygen atoms in total. The molecular weight excluding hydrogens is 256 g/mol. The van der Waals surface area contributed by atoms with E-state index in [1.54, 1.807) is 25.7 Å². The standard InChI is InChI=1S/C20H30O/c1-2-7-15-13(6-1)14-9-8-11-4-3-5-12-10-16-19(20(15)21-16)18(14)17(11)12/h11-20H,1-10H2. The van der Waals surface area contributed by atoms with Crippen LogP contribution in [0.2, 0.25) is 0 Å². The summed E-state index contributed by atoms with van der Waals surface area (Å²) < 4.78 is 6.54. The van der Waals surface area contributed by atoms with Gasteiger partial charge in [-0.1, -0.05) is 32.1 Å². The van der Waals surface area contributed by atoms with Gasteiger partial charge in [0.15, 0.2) is 0 Å². The molecule has 21 heavy (non-hydrogen) atoms. The minimum absolute atomic E-state index is 0.698. The third-order valence-corrected chi connectivity index (χ3v) is 9.01. The van der Waals surface area contributed by atoms with Crippen LogP contribution >= 0.6 is 0 Å². The van der Waals surface area contributed by atoms with Gasteiger partial charge in [-0.25, -0.2) is 0 Å². The first-order valence-corrected chi connectivity index (χ1v) is 10.1. The SMILES string of the molecule is C1CC2CCC3C4CCCCC4C4OC5CC(C1)C2C3C54. The number of ether oxygens (including phenoxy) is 1. The van der Waals surface area contributed by atoms with Gasteiger partial charge < -0.3 is 4.74 Å². The summed E-state index contributed by atoms with van der Waals surface area (Å²) in [5.74, 6) is 8.57. The molecule has 0 aromatic rings. The first-order valence-electron chi connectivity index (χ1n) is 10.1. The second-order valence-corrected chi connectivity index (χ2v) is 9.41. The Morgan fingerprint density at radius 1 is 0.571 bits per heavy atom. The van der Waals surface area contributed by atoms with Gasteiger partial charge in [0.05, 0.1) is 12.2 Å². The zero-order valence-corrected chi connectivity index (χ0v) is 13.3. The van der Waals surface area contributed by atoms with Crippen LogP contribution in [0.5, 0.6) is 0 Å². The Labute approximate surface area is 129 Å². The van der Waals surface area contributed by atoms with E-state index in [1.165, 1.54) is 38.5 Å². The van der Waals surface area contributed by atoms with Gasteiger partial charge in [0, 0.05) is 5.92 Å². The maximum absolute atomic E-state index is 6.54. The number of rotatable bonds is 0. The molecule has 1 saturated heterocycles. The molecule has 0 radical (unpaired) electrons. The molecule has 6 rings (SSSR count). The van der Waals surface area contributed by atoms with Crippen molar-refractivity contribution in [2.45, 2.75) is 76.4 Å². The zero-order chi connectivity index (χ0) is 13.6. The number of hydrogen-bond donors (Lipinski definition) is 0. The Bertz CT molecular complexity index is 445. The molecule has 5 aliphatic carbocycles. The molecule has 0 bridgehead atoms. The molecule has 6 aliphatic rings. The Morgan fingerprint density at radius 2 is 1.43 bits per heavy atom. The normalized spacial score (nSPS) is 64.0. The van der Waals surface area contributed by atoms with Crippen molar-refractivity contribution in [2.75, 3.05) is 0 Å². The minimum Gasteiger partial charge on any atom is -0.374 e. The van der Waals surface area contributed by atoms with Gasteiger partial charge in [-0.15, -0.1) is 0 Å². The van der Waals surface area contributed by atoms with Crippen molar-refractivity contribution in [3.63, 3.8) is 0 Å². The molecule has 1 heteroatoms. The lowest BCUT2D eigenvalue weighted by atomic mass is 9.41. The fraction of sp³-hybridized carbons (Fsp3) is 1.00. The van der Waals surface area contributed by atoms with E-state index in [0.29, 0.717) is 12.2 Å². The average Bonchev–Trinajstić information content (AvgIpc) is 2.51. The van der Waals surface area contributed by atoms with Crippen LogP contribution in [0, 0.1) is 47.3 Å². The predicted octanol–water partition coefficient (Wildman–Crippen LogP) is 4.65. The van der Waals surface area contributed by atoms with Gasteiger partial charge in [0.1, 0.15) is 0 Å². The number of fused-ring (bicyclic) bond motifs is 3. The quantitative estimate of drug-likeness (QED) is 0.629. The number of hydrogen-bond acceptors (Lipinski definition) is 1. The minimum atomic E-state index is 0.698. The molecule has 5 saturated carbocycles. The van der Waals surface area contributed by atoms with E-state index in [0.717, 1.165) is 47.3 Å². The van der Waals surface area contributed by atoms with E-state index in [1.807, 2.05) is 0 Å². The molecule has 10 unspecified atom stereocenters. The van der Waals surface area contributed by atoms with Crippen LogP contribution in [0.25, 0.3) is 0 Å². The fourth-order valence-corrected chi connectivity index (χ4v) is 8.58. The summed E-state index contributed by atoms with van der Waals surface area (Å²) in [6.07, 6.45) is 16.7. The lowest BCUT2D eigenvalue weighted by molar-refractivity contribution is -0.318. The second-order valence-electron chi connectivity index (χ2n) is 9.41. The zero-order valence-electron chi connectivity index (χ0n) is 13.3. The van der Waals surface area contributed by atoms with E-state index in [9.17, 15) is 0 Å².